The standard InChI is InChI=1S/C7H11NOS/c1-7(2,3)5-4-9-6(10)8-5/h4H2,1-3H3. The summed E-state index contributed by atoms with van der Waals surface area (Å²) in [6.45, 7) is 6.87. The molecule has 0 fully saturated rings. The van der Waals surface area contributed by atoms with Gasteiger partial charge < -0.3 is 4.74 Å². The molecule has 56 valence electrons. The topological polar surface area (TPSA) is 21.6 Å². The molecule has 0 aliphatic carbocycles. The van der Waals surface area contributed by atoms with Gasteiger partial charge in [-0.1, -0.05) is 20.8 Å². The fourth-order valence-corrected chi connectivity index (χ4v) is 0.858. The highest BCUT2D eigenvalue weighted by atomic mass is 32.1. The van der Waals surface area contributed by atoms with E-state index in [4.69, 9.17) is 17.0 Å². The highest BCUT2D eigenvalue weighted by Crippen LogP contribution is 2.19. The number of thiocarbonyl (C=S) groups is 1. The summed E-state index contributed by atoms with van der Waals surface area (Å²) in [5.74, 6) is 0. The number of hydrogen-bond acceptors (Lipinski definition) is 2. The smallest absolute Gasteiger partial charge is 0.283 e. The van der Waals surface area contributed by atoms with E-state index >= 15 is 0 Å². The minimum Gasteiger partial charge on any atom is -0.463 e. The Balaban J connectivity index is 2.76. The van der Waals surface area contributed by atoms with E-state index in [0.717, 1.165) is 5.71 Å². The van der Waals surface area contributed by atoms with Crippen LogP contribution in [0.25, 0.3) is 0 Å². The minimum atomic E-state index is 0.0978. The van der Waals surface area contributed by atoms with Crippen LogP contribution in [0.1, 0.15) is 20.8 Å². The van der Waals surface area contributed by atoms with Crippen LogP contribution < -0.4 is 0 Å². The summed E-state index contributed by atoms with van der Waals surface area (Å²) in [6.07, 6.45) is 0. The van der Waals surface area contributed by atoms with Crippen molar-refractivity contribution in [2.45, 2.75) is 20.8 Å². The van der Waals surface area contributed by atoms with Crippen LogP contribution in [0.15, 0.2) is 4.99 Å². The summed E-state index contributed by atoms with van der Waals surface area (Å²) < 4.78 is 5.02. The minimum absolute atomic E-state index is 0.0978. The van der Waals surface area contributed by atoms with E-state index < -0.39 is 0 Å². The molecule has 0 N–H and O–H groups in total. The van der Waals surface area contributed by atoms with Crippen LogP contribution in [0, 0.1) is 5.41 Å². The van der Waals surface area contributed by atoms with E-state index in [1.165, 1.54) is 0 Å². The normalized spacial score (nSPS) is 18.7. The first kappa shape index (κ1) is 7.66. The maximum absolute atomic E-state index is 5.02. The molecular weight excluding hydrogens is 146 g/mol. The molecule has 3 heteroatoms. The Morgan fingerprint density at radius 2 is 2.10 bits per heavy atom. The fraction of sp³-hybridized carbons (Fsp3) is 0.714. The van der Waals surface area contributed by atoms with Gasteiger partial charge in [0, 0.05) is 5.41 Å². The van der Waals surface area contributed by atoms with Crippen molar-refractivity contribution in [1.29, 1.82) is 0 Å². The van der Waals surface area contributed by atoms with Gasteiger partial charge in [0.15, 0.2) is 0 Å². The van der Waals surface area contributed by atoms with E-state index in [0.29, 0.717) is 11.8 Å². The van der Waals surface area contributed by atoms with Gasteiger partial charge >= 0.3 is 0 Å². The molecule has 0 aromatic rings. The van der Waals surface area contributed by atoms with E-state index in [2.05, 4.69) is 25.8 Å². The number of hydrogen-bond donors (Lipinski definition) is 0. The molecule has 1 heterocycles. The third-order valence-electron chi connectivity index (χ3n) is 1.42. The summed E-state index contributed by atoms with van der Waals surface area (Å²) in [5, 5.41) is 0.380. The van der Waals surface area contributed by atoms with Gasteiger partial charge in [0.25, 0.3) is 5.17 Å². The van der Waals surface area contributed by atoms with Gasteiger partial charge in [-0.15, -0.1) is 0 Å². The van der Waals surface area contributed by atoms with Crippen LogP contribution in [0.5, 0.6) is 0 Å². The Morgan fingerprint density at radius 1 is 1.50 bits per heavy atom. The van der Waals surface area contributed by atoms with Crippen LogP contribution in [0.3, 0.4) is 0 Å². The molecule has 0 aromatic carbocycles. The Hall–Kier alpha value is -0.440. The lowest BCUT2D eigenvalue weighted by atomic mass is 9.91. The molecule has 1 rings (SSSR count). The van der Waals surface area contributed by atoms with Crippen molar-refractivity contribution in [3.8, 4) is 0 Å². The van der Waals surface area contributed by atoms with Crippen molar-refractivity contribution < 1.29 is 4.74 Å². The molecule has 0 unspecified atom stereocenters. The molecule has 0 aromatic heterocycles. The van der Waals surface area contributed by atoms with E-state index in [-0.39, 0.29) is 5.41 Å². The number of rotatable bonds is 0. The highest BCUT2D eigenvalue weighted by Gasteiger charge is 2.24. The SMILES string of the molecule is CC(C)(C)C1=NC(=S)OC1. The molecule has 0 saturated heterocycles. The first-order valence-electron chi connectivity index (χ1n) is 3.25. The van der Waals surface area contributed by atoms with Gasteiger partial charge in [-0.3, -0.25) is 0 Å². The van der Waals surface area contributed by atoms with Crippen molar-refractivity contribution in [2.24, 2.45) is 10.4 Å². The molecule has 10 heavy (non-hydrogen) atoms. The maximum Gasteiger partial charge on any atom is 0.283 e. The van der Waals surface area contributed by atoms with Crippen molar-refractivity contribution >= 4 is 23.1 Å². The first-order valence-corrected chi connectivity index (χ1v) is 3.66. The lowest BCUT2D eigenvalue weighted by Gasteiger charge is -2.15. The Bertz CT molecular complexity index is 190. The van der Waals surface area contributed by atoms with Crippen LogP contribution in [-0.2, 0) is 4.74 Å². The van der Waals surface area contributed by atoms with Crippen LogP contribution in [0.4, 0.5) is 0 Å². The Morgan fingerprint density at radius 3 is 2.30 bits per heavy atom. The lowest BCUT2D eigenvalue weighted by molar-refractivity contribution is 0.373. The molecule has 0 saturated carbocycles. The highest BCUT2D eigenvalue weighted by molar-refractivity contribution is 7.80. The molecule has 0 radical (unpaired) electrons. The molecule has 2 nitrogen and oxygen atoms in total. The van der Waals surface area contributed by atoms with E-state index in [1.807, 2.05) is 0 Å². The lowest BCUT2D eigenvalue weighted by Crippen LogP contribution is -2.21. The fourth-order valence-electron chi connectivity index (χ4n) is 0.689. The summed E-state index contributed by atoms with van der Waals surface area (Å²) in [7, 11) is 0. The van der Waals surface area contributed by atoms with Gasteiger partial charge in [0.1, 0.15) is 6.61 Å². The summed E-state index contributed by atoms with van der Waals surface area (Å²) >= 11 is 4.76. The van der Waals surface area contributed by atoms with Crippen molar-refractivity contribution in [1.82, 2.24) is 0 Å². The monoisotopic (exact) mass is 157 g/mol. The average molecular weight is 157 g/mol. The molecular formula is C7H11NOS. The second kappa shape index (κ2) is 2.31. The van der Waals surface area contributed by atoms with Gasteiger partial charge in [0.05, 0.1) is 5.71 Å². The molecule has 0 bridgehead atoms. The summed E-state index contributed by atoms with van der Waals surface area (Å²) in [6, 6.07) is 0. The Kier molecular flexibility index (Phi) is 1.77. The zero-order valence-corrected chi connectivity index (χ0v) is 7.29. The number of nitrogens with zero attached hydrogens (tertiary/aromatic N) is 1. The quantitative estimate of drug-likeness (QED) is 0.500. The third kappa shape index (κ3) is 1.53. The maximum atomic E-state index is 5.02. The van der Waals surface area contributed by atoms with Gasteiger partial charge in [-0.2, -0.15) is 0 Å². The van der Waals surface area contributed by atoms with E-state index in [9.17, 15) is 0 Å². The average Bonchev–Trinajstić information content (AvgIpc) is 2.11. The zero-order valence-electron chi connectivity index (χ0n) is 6.47. The molecule has 0 amide bonds. The zero-order chi connectivity index (χ0) is 7.78. The third-order valence-corrected chi connectivity index (χ3v) is 1.63. The second-order valence-corrected chi connectivity index (χ2v) is 3.71. The number of aliphatic imine (C=N–C) groups is 1. The molecule has 0 spiro atoms. The van der Waals surface area contributed by atoms with Crippen LogP contribution in [-0.4, -0.2) is 17.5 Å². The van der Waals surface area contributed by atoms with Crippen LogP contribution in [0.2, 0.25) is 0 Å². The molecule has 0 atom stereocenters. The molecule has 1 aliphatic heterocycles. The van der Waals surface area contributed by atoms with Gasteiger partial charge in [-0.05, 0) is 12.2 Å². The largest absolute Gasteiger partial charge is 0.463 e. The predicted molar refractivity (Wildman–Crippen MR) is 45.4 cm³/mol. The van der Waals surface area contributed by atoms with Gasteiger partial charge in [0.2, 0.25) is 0 Å². The predicted octanol–water partition coefficient (Wildman–Crippen LogP) is 1.79. The first-order chi connectivity index (χ1) is 4.50. The Labute approximate surface area is 66.3 Å². The van der Waals surface area contributed by atoms with Crippen molar-refractivity contribution in [3.63, 3.8) is 0 Å². The summed E-state index contributed by atoms with van der Waals surface area (Å²) in [5.41, 5.74) is 1.14. The summed E-state index contributed by atoms with van der Waals surface area (Å²) in [4.78, 5) is 4.09. The molecule has 1 aliphatic rings. The van der Waals surface area contributed by atoms with Crippen molar-refractivity contribution in [2.75, 3.05) is 6.61 Å². The van der Waals surface area contributed by atoms with Crippen molar-refractivity contribution in [3.05, 3.63) is 0 Å². The van der Waals surface area contributed by atoms with E-state index in [1.54, 1.807) is 0 Å². The van der Waals surface area contributed by atoms with Gasteiger partial charge in [-0.25, -0.2) is 4.99 Å². The second-order valence-electron chi connectivity index (χ2n) is 3.36. The number of ether oxygens (including phenoxy) is 1. The van der Waals surface area contributed by atoms with Crippen LogP contribution >= 0.6 is 12.2 Å².